The van der Waals surface area contributed by atoms with E-state index in [0.29, 0.717) is 34.1 Å². The number of ether oxygens (including phenoxy) is 1. The molecule has 0 saturated carbocycles. The van der Waals surface area contributed by atoms with Crippen LogP contribution in [0.1, 0.15) is 56.5 Å². The van der Waals surface area contributed by atoms with E-state index < -0.39 is 11.9 Å². The van der Waals surface area contributed by atoms with E-state index in [9.17, 15) is 14.8 Å². The molecule has 0 radical (unpaired) electrons. The summed E-state index contributed by atoms with van der Waals surface area (Å²) in [6, 6.07) is 5.19. The van der Waals surface area contributed by atoms with Gasteiger partial charge in [0.1, 0.15) is 41.4 Å². The molecular formula is C25H31ClFN7O2. The smallest absolute Gasteiger partial charge is 0.147 e. The van der Waals surface area contributed by atoms with Crippen molar-refractivity contribution in [3.63, 3.8) is 0 Å². The van der Waals surface area contributed by atoms with Crippen molar-refractivity contribution in [2.45, 2.75) is 45.8 Å². The standard InChI is InChI=1S/C23H25ClFN7O2.C2H6/c1-13(31-17-2-4-28-5-3-17)21(27)14-6-20(23-15(8-26)9-30-32(23)11-14)34-12-19(33)22-18(24)7-16(25)10-29-22;1-2/h6-7,9-11,17,19,28,31,33H,2-5,12,27H2,1H3;1-2H3/b21-13-;. The third-order valence-corrected chi connectivity index (χ3v) is 6.02. The van der Waals surface area contributed by atoms with E-state index in [-0.39, 0.29) is 17.3 Å². The van der Waals surface area contributed by atoms with Crippen molar-refractivity contribution < 1.29 is 14.2 Å². The number of halogens is 2. The van der Waals surface area contributed by atoms with Crippen molar-refractivity contribution in [1.82, 2.24) is 25.2 Å². The normalized spacial score (nSPS) is 15.4. The summed E-state index contributed by atoms with van der Waals surface area (Å²) in [5, 5.41) is 31.1. The Hall–Kier alpha value is -3.39. The molecule has 1 aliphatic rings. The minimum absolute atomic E-state index is 0.0103. The van der Waals surface area contributed by atoms with E-state index in [1.807, 2.05) is 20.8 Å². The van der Waals surface area contributed by atoms with E-state index in [1.54, 1.807) is 12.3 Å². The third kappa shape index (κ3) is 6.23. The Morgan fingerprint density at radius 2 is 2.11 bits per heavy atom. The second kappa shape index (κ2) is 12.5. The molecule has 4 heterocycles. The lowest BCUT2D eigenvalue weighted by molar-refractivity contribution is 0.105. The Balaban J connectivity index is 0.00000176. The van der Waals surface area contributed by atoms with Gasteiger partial charge < -0.3 is 26.2 Å². The maximum absolute atomic E-state index is 13.3. The average molecular weight is 516 g/mol. The molecule has 5 N–H and O–H groups in total. The van der Waals surface area contributed by atoms with Gasteiger partial charge in [0.05, 0.1) is 28.8 Å². The first-order valence-corrected chi connectivity index (χ1v) is 12.2. The topological polar surface area (TPSA) is 134 Å². The maximum Gasteiger partial charge on any atom is 0.147 e. The average Bonchev–Trinajstić information content (AvgIpc) is 3.31. The van der Waals surface area contributed by atoms with Gasteiger partial charge in [-0.25, -0.2) is 8.91 Å². The van der Waals surface area contributed by atoms with Crippen molar-refractivity contribution in [1.29, 1.82) is 5.26 Å². The highest BCUT2D eigenvalue weighted by Crippen LogP contribution is 2.29. The SMILES string of the molecule is C/C(NC1CCNCC1)=C(/N)c1cc(OCC(O)c2ncc(F)cc2Cl)c2c(C#N)cnn2c1.CC. The Bertz CT molecular complexity index is 1270. The fourth-order valence-corrected chi connectivity index (χ4v) is 4.19. The van der Waals surface area contributed by atoms with Crippen molar-refractivity contribution in [3.05, 3.63) is 64.1 Å². The van der Waals surface area contributed by atoms with E-state index in [1.165, 1.54) is 10.7 Å². The molecule has 0 spiro atoms. The highest BCUT2D eigenvalue weighted by molar-refractivity contribution is 6.31. The van der Waals surface area contributed by atoms with Crippen LogP contribution < -0.4 is 21.1 Å². The predicted octanol–water partition coefficient (Wildman–Crippen LogP) is 3.52. The summed E-state index contributed by atoms with van der Waals surface area (Å²) in [6.45, 7) is 7.59. The summed E-state index contributed by atoms with van der Waals surface area (Å²) >= 11 is 6.00. The number of aromatic nitrogens is 3. The van der Waals surface area contributed by atoms with Gasteiger partial charge in [-0.1, -0.05) is 25.4 Å². The zero-order valence-electron chi connectivity index (χ0n) is 20.6. The van der Waals surface area contributed by atoms with Gasteiger partial charge in [-0.15, -0.1) is 0 Å². The van der Waals surface area contributed by atoms with Crippen LogP contribution in [0.3, 0.4) is 0 Å². The van der Waals surface area contributed by atoms with Gasteiger partial charge in [-0.3, -0.25) is 4.98 Å². The summed E-state index contributed by atoms with van der Waals surface area (Å²) in [5.74, 6) is -0.300. The number of nitrogens with two attached hydrogens (primary N) is 1. The Morgan fingerprint density at radius 3 is 2.78 bits per heavy atom. The van der Waals surface area contributed by atoms with Crippen molar-refractivity contribution >= 4 is 22.8 Å². The molecule has 192 valence electrons. The zero-order chi connectivity index (χ0) is 26.2. The van der Waals surface area contributed by atoms with Crippen LogP contribution in [0.2, 0.25) is 5.02 Å². The number of nitriles is 1. The lowest BCUT2D eigenvalue weighted by Gasteiger charge is -2.25. The summed E-state index contributed by atoms with van der Waals surface area (Å²) < 4.78 is 20.7. The Morgan fingerprint density at radius 1 is 1.39 bits per heavy atom. The maximum atomic E-state index is 13.3. The van der Waals surface area contributed by atoms with Crippen LogP contribution in [-0.2, 0) is 0 Å². The molecule has 1 unspecified atom stereocenters. The van der Waals surface area contributed by atoms with Gasteiger partial charge in [-0.05, 0) is 45.0 Å². The molecule has 0 aromatic carbocycles. The molecule has 1 aliphatic heterocycles. The van der Waals surface area contributed by atoms with Gasteiger partial charge in [0, 0.05) is 23.5 Å². The largest absolute Gasteiger partial charge is 0.488 e. The van der Waals surface area contributed by atoms with Crippen LogP contribution in [0.5, 0.6) is 5.75 Å². The van der Waals surface area contributed by atoms with Crippen LogP contribution in [0, 0.1) is 17.1 Å². The highest BCUT2D eigenvalue weighted by atomic mass is 35.5. The van der Waals surface area contributed by atoms with E-state index >= 15 is 0 Å². The first-order chi connectivity index (χ1) is 17.4. The van der Waals surface area contributed by atoms with Crippen molar-refractivity contribution in [2.24, 2.45) is 5.73 Å². The third-order valence-electron chi connectivity index (χ3n) is 5.72. The summed E-state index contributed by atoms with van der Waals surface area (Å²) in [4.78, 5) is 3.85. The first-order valence-electron chi connectivity index (χ1n) is 11.8. The molecule has 1 saturated heterocycles. The fourth-order valence-electron chi connectivity index (χ4n) is 3.91. The molecule has 3 aromatic rings. The van der Waals surface area contributed by atoms with Gasteiger partial charge >= 0.3 is 0 Å². The van der Waals surface area contributed by atoms with Gasteiger partial charge in [0.25, 0.3) is 0 Å². The number of hydrogen-bond donors (Lipinski definition) is 4. The number of allylic oxidation sites excluding steroid dienone is 1. The molecule has 4 rings (SSSR count). The number of hydrogen-bond acceptors (Lipinski definition) is 8. The van der Waals surface area contributed by atoms with Crippen LogP contribution in [0.25, 0.3) is 11.2 Å². The number of rotatable bonds is 7. The molecule has 0 aliphatic carbocycles. The minimum atomic E-state index is -1.22. The number of nitrogens with one attached hydrogen (secondary N) is 2. The molecule has 9 nitrogen and oxygen atoms in total. The number of aliphatic hydroxyl groups is 1. The van der Waals surface area contributed by atoms with Gasteiger partial charge in [-0.2, -0.15) is 10.4 Å². The Labute approximate surface area is 214 Å². The number of aliphatic hydroxyl groups excluding tert-OH is 1. The highest BCUT2D eigenvalue weighted by Gasteiger charge is 2.19. The molecule has 0 amide bonds. The van der Waals surface area contributed by atoms with Gasteiger partial charge in [0.2, 0.25) is 0 Å². The molecule has 1 fully saturated rings. The van der Waals surface area contributed by atoms with E-state index in [0.717, 1.165) is 43.9 Å². The van der Waals surface area contributed by atoms with E-state index in [4.69, 9.17) is 22.1 Å². The molecular weight excluding hydrogens is 485 g/mol. The number of piperidine rings is 1. The summed E-state index contributed by atoms with van der Waals surface area (Å²) in [5.41, 5.74) is 9.28. The van der Waals surface area contributed by atoms with Crippen molar-refractivity contribution in [2.75, 3.05) is 19.7 Å². The molecule has 1 atom stereocenters. The second-order valence-corrected chi connectivity index (χ2v) is 8.52. The van der Waals surface area contributed by atoms with Crippen molar-refractivity contribution in [3.8, 4) is 11.8 Å². The monoisotopic (exact) mass is 515 g/mol. The van der Waals surface area contributed by atoms with E-state index in [2.05, 4.69) is 26.8 Å². The van der Waals surface area contributed by atoms with Crippen LogP contribution in [0.4, 0.5) is 4.39 Å². The fraction of sp³-hybridized carbons (Fsp3) is 0.400. The molecule has 3 aromatic heterocycles. The Kier molecular flexibility index (Phi) is 9.47. The second-order valence-electron chi connectivity index (χ2n) is 8.11. The quantitative estimate of drug-likeness (QED) is 0.375. The minimum Gasteiger partial charge on any atom is -0.488 e. The lowest BCUT2D eigenvalue weighted by Crippen LogP contribution is -2.39. The number of nitrogens with zero attached hydrogens (tertiary/aromatic N) is 4. The molecule has 0 bridgehead atoms. The molecule has 11 heteroatoms. The predicted molar refractivity (Wildman–Crippen MR) is 137 cm³/mol. The summed E-state index contributed by atoms with van der Waals surface area (Å²) in [7, 11) is 0. The van der Waals surface area contributed by atoms with Crippen LogP contribution in [-0.4, -0.2) is 45.4 Å². The lowest BCUT2D eigenvalue weighted by atomic mass is 10.1. The first kappa shape index (κ1) is 27.2. The number of fused-ring (bicyclic) bond motifs is 1. The van der Waals surface area contributed by atoms with Crippen LogP contribution >= 0.6 is 11.6 Å². The summed E-state index contributed by atoms with van der Waals surface area (Å²) in [6.07, 6.45) is 4.90. The zero-order valence-corrected chi connectivity index (χ0v) is 21.3. The van der Waals surface area contributed by atoms with Gasteiger partial charge in [0.15, 0.2) is 0 Å². The molecule has 36 heavy (non-hydrogen) atoms. The van der Waals surface area contributed by atoms with Crippen LogP contribution in [0.15, 0.2) is 36.4 Å². The number of pyridine rings is 2.